The minimum Gasteiger partial charge on any atom is -0.493 e. The molecule has 1 aromatic carbocycles. The molecule has 0 radical (unpaired) electrons. The van der Waals surface area contributed by atoms with Crippen LogP contribution in [-0.4, -0.2) is 19.3 Å². The fourth-order valence-corrected chi connectivity index (χ4v) is 2.83. The van der Waals surface area contributed by atoms with Gasteiger partial charge in [-0.1, -0.05) is 6.07 Å². The average molecular weight is 278 g/mol. The summed E-state index contributed by atoms with van der Waals surface area (Å²) in [6.07, 6.45) is 0.0946. The van der Waals surface area contributed by atoms with Crippen molar-refractivity contribution in [2.75, 3.05) is 14.2 Å². The smallest absolute Gasteiger partial charge is 0.160 e. The van der Waals surface area contributed by atoms with Gasteiger partial charge in [0, 0.05) is 16.2 Å². The Hall–Kier alpha value is -1.52. The van der Waals surface area contributed by atoms with E-state index in [0.29, 0.717) is 17.9 Å². The van der Waals surface area contributed by atoms with Gasteiger partial charge in [0.2, 0.25) is 0 Å². The van der Waals surface area contributed by atoms with Gasteiger partial charge >= 0.3 is 0 Å². The molecule has 0 fully saturated rings. The first-order valence-corrected chi connectivity index (χ1v) is 6.91. The average Bonchev–Trinajstić information content (AvgIpc) is 2.85. The Labute approximate surface area is 117 Å². The summed E-state index contributed by atoms with van der Waals surface area (Å²) >= 11 is 1.63. The fourth-order valence-electron chi connectivity index (χ4n) is 1.96. The summed E-state index contributed by atoms with van der Waals surface area (Å²) in [5.41, 5.74) is 1.02. The molecule has 2 aromatic rings. The van der Waals surface area contributed by atoms with Crippen LogP contribution in [0.1, 0.15) is 21.4 Å². The second-order valence-electron chi connectivity index (χ2n) is 4.36. The molecule has 1 atom stereocenters. The predicted molar refractivity (Wildman–Crippen MR) is 77.3 cm³/mol. The Morgan fingerprint density at radius 2 is 1.84 bits per heavy atom. The lowest BCUT2D eigenvalue weighted by molar-refractivity contribution is 0.182. The Bertz CT molecular complexity index is 548. The van der Waals surface area contributed by atoms with Crippen LogP contribution in [0.15, 0.2) is 30.3 Å². The van der Waals surface area contributed by atoms with E-state index >= 15 is 0 Å². The lowest BCUT2D eigenvalue weighted by Gasteiger charge is -2.12. The molecule has 0 spiro atoms. The van der Waals surface area contributed by atoms with E-state index in [1.807, 2.05) is 37.3 Å². The van der Waals surface area contributed by atoms with Crippen molar-refractivity contribution in [3.05, 3.63) is 45.6 Å². The molecule has 0 bridgehead atoms. The number of aliphatic hydroxyl groups excluding tert-OH is 1. The molecule has 1 N–H and O–H groups in total. The number of methoxy groups -OCH3 is 2. The lowest BCUT2D eigenvalue weighted by atomic mass is 10.1. The SMILES string of the molecule is COc1ccc(CC(O)c2ccc(C)s2)cc1OC. The molecule has 0 aliphatic rings. The maximum atomic E-state index is 10.2. The number of benzene rings is 1. The summed E-state index contributed by atoms with van der Waals surface area (Å²) in [5.74, 6) is 1.39. The summed E-state index contributed by atoms with van der Waals surface area (Å²) in [4.78, 5) is 2.20. The molecule has 19 heavy (non-hydrogen) atoms. The van der Waals surface area contributed by atoms with Gasteiger partial charge in [-0.15, -0.1) is 11.3 Å². The molecular weight excluding hydrogens is 260 g/mol. The first-order valence-electron chi connectivity index (χ1n) is 6.09. The molecule has 4 heteroatoms. The number of ether oxygens (including phenoxy) is 2. The topological polar surface area (TPSA) is 38.7 Å². The van der Waals surface area contributed by atoms with Crippen LogP contribution in [0.4, 0.5) is 0 Å². The lowest BCUT2D eigenvalue weighted by Crippen LogP contribution is -2.00. The first kappa shape index (κ1) is 13.9. The molecule has 0 saturated carbocycles. The molecule has 0 aliphatic heterocycles. The number of thiophene rings is 1. The van der Waals surface area contributed by atoms with Crippen LogP contribution in [0.2, 0.25) is 0 Å². The van der Waals surface area contributed by atoms with Gasteiger partial charge in [-0.3, -0.25) is 0 Å². The summed E-state index contributed by atoms with van der Waals surface area (Å²) in [6.45, 7) is 2.04. The van der Waals surface area contributed by atoms with Gasteiger partial charge in [-0.05, 0) is 36.8 Å². The van der Waals surface area contributed by atoms with E-state index in [9.17, 15) is 5.11 Å². The van der Waals surface area contributed by atoms with Gasteiger partial charge in [-0.2, -0.15) is 0 Å². The monoisotopic (exact) mass is 278 g/mol. The van der Waals surface area contributed by atoms with Crippen LogP contribution >= 0.6 is 11.3 Å². The molecule has 0 amide bonds. The van der Waals surface area contributed by atoms with E-state index in [-0.39, 0.29) is 0 Å². The van der Waals surface area contributed by atoms with Crippen LogP contribution in [-0.2, 0) is 6.42 Å². The molecule has 1 heterocycles. The Balaban J connectivity index is 2.14. The minimum atomic E-state index is -0.475. The van der Waals surface area contributed by atoms with Crippen LogP contribution in [0.3, 0.4) is 0 Å². The van der Waals surface area contributed by atoms with Crippen molar-refractivity contribution in [2.24, 2.45) is 0 Å². The van der Waals surface area contributed by atoms with Gasteiger partial charge in [0.15, 0.2) is 11.5 Å². The second-order valence-corrected chi connectivity index (χ2v) is 5.68. The number of hydrogen-bond acceptors (Lipinski definition) is 4. The van der Waals surface area contributed by atoms with Crippen molar-refractivity contribution in [1.29, 1.82) is 0 Å². The van der Waals surface area contributed by atoms with E-state index in [1.54, 1.807) is 25.6 Å². The van der Waals surface area contributed by atoms with Crippen molar-refractivity contribution in [3.8, 4) is 11.5 Å². The quantitative estimate of drug-likeness (QED) is 0.911. The molecule has 1 aromatic heterocycles. The van der Waals surface area contributed by atoms with Gasteiger partial charge in [0.1, 0.15) is 0 Å². The summed E-state index contributed by atoms with van der Waals surface area (Å²) < 4.78 is 10.5. The maximum Gasteiger partial charge on any atom is 0.160 e. The number of hydrogen-bond donors (Lipinski definition) is 1. The second kappa shape index (κ2) is 6.08. The van der Waals surface area contributed by atoms with Gasteiger partial charge in [-0.25, -0.2) is 0 Å². The zero-order valence-electron chi connectivity index (χ0n) is 11.3. The third kappa shape index (κ3) is 3.28. The highest BCUT2D eigenvalue weighted by atomic mass is 32.1. The van der Waals surface area contributed by atoms with Gasteiger partial charge in [0.25, 0.3) is 0 Å². The van der Waals surface area contributed by atoms with Crippen LogP contribution < -0.4 is 9.47 Å². The fraction of sp³-hybridized carbons (Fsp3) is 0.333. The number of aliphatic hydroxyl groups is 1. The Morgan fingerprint density at radius 3 is 2.42 bits per heavy atom. The van der Waals surface area contributed by atoms with Crippen LogP contribution in [0, 0.1) is 6.92 Å². The van der Waals surface area contributed by atoms with Crippen molar-refractivity contribution >= 4 is 11.3 Å². The molecule has 0 aliphatic carbocycles. The van der Waals surface area contributed by atoms with E-state index in [4.69, 9.17) is 9.47 Å². The van der Waals surface area contributed by atoms with Crippen molar-refractivity contribution in [2.45, 2.75) is 19.4 Å². The van der Waals surface area contributed by atoms with Crippen LogP contribution in [0.5, 0.6) is 11.5 Å². The largest absolute Gasteiger partial charge is 0.493 e. The third-order valence-electron chi connectivity index (χ3n) is 2.97. The minimum absolute atomic E-state index is 0.475. The van der Waals surface area contributed by atoms with Gasteiger partial charge in [0.05, 0.1) is 20.3 Å². The Kier molecular flexibility index (Phi) is 4.45. The predicted octanol–water partition coefficient (Wildman–Crippen LogP) is 3.35. The van der Waals surface area contributed by atoms with Gasteiger partial charge < -0.3 is 14.6 Å². The zero-order valence-corrected chi connectivity index (χ0v) is 12.2. The third-order valence-corrected chi connectivity index (χ3v) is 4.07. The number of rotatable bonds is 5. The zero-order chi connectivity index (χ0) is 13.8. The summed E-state index contributed by atoms with van der Waals surface area (Å²) in [5, 5.41) is 10.2. The van der Waals surface area contributed by atoms with Crippen molar-refractivity contribution in [1.82, 2.24) is 0 Å². The molecule has 1 unspecified atom stereocenters. The highest BCUT2D eigenvalue weighted by Crippen LogP contribution is 2.31. The first-order chi connectivity index (χ1) is 9.13. The molecule has 2 rings (SSSR count). The van der Waals surface area contributed by atoms with E-state index in [2.05, 4.69) is 0 Å². The molecule has 3 nitrogen and oxygen atoms in total. The molecule has 0 saturated heterocycles. The highest BCUT2D eigenvalue weighted by molar-refractivity contribution is 7.12. The number of aryl methyl sites for hydroxylation is 1. The van der Waals surface area contributed by atoms with Crippen molar-refractivity contribution < 1.29 is 14.6 Å². The molecule has 102 valence electrons. The molecular formula is C15H18O3S. The summed E-state index contributed by atoms with van der Waals surface area (Å²) in [6, 6.07) is 9.72. The Morgan fingerprint density at radius 1 is 1.11 bits per heavy atom. The van der Waals surface area contributed by atoms with E-state index < -0.39 is 6.10 Å². The maximum absolute atomic E-state index is 10.2. The highest BCUT2D eigenvalue weighted by Gasteiger charge is 2.12. The standard InChI is InChI=1S/C15H18O3S/c1-10-4-7-15(19-10)12(16)8-11-5-6-13(17-2)14(9-11)18-3/h4-7,9,12,16H,8H2,1-3H3. The summed E-state index contributed by atoms with van der Waals surface area (Å²) in [7, 11) is 3.22. The van der Waals surface area contributed by atoms with Crippen LogP contribution in [0.25, 0.3) is 0 Å². The normalized spacial score (nSPS) is 12.2. The van der Waals surface area contributed by atoms with E-state index in [1.165, 1.54) is 4.88 Å². The van der Waals surface area contributed by atoms with E-state index in [0.717, 1.165) is 10.4 Å². The van der Waals surface area contributed by atoms with Crippen molar-refractivity contribution in [3.63, 3.8) is 0 Å².